The lowest BCUT2D eigenvalue weighted by molar-refractivity contribution is -0.00456. The molecule has 0 fully saturated rings. The number of nitrogens with one attached hydrogen (secondary N) is 1. The lowest BCUT2D eigenvalue weighted by Crippen LogP contribution is -2.45. The molecule has 0 radical (unpaired) electrons. The number of benzene rings is 3. The first-order valence-corrected chi connectivity index (χ1v) is 11.2. The molecule has 5 rings (SSSR count). The molecule has 3 aromatic carbocycles. The smallest absolute Gasteiger partial charge is 0.251 e. The number of halogens is 1. The van der Waals surface area contributed by atoms with Crippen LogP contribution in [0.3, 0.4) is 0 Å². The minimum atomic E-state index is -0.959. The van der Waals surface area contributed by atoms with E-state index in [2.05, 4.69) is 5.32 Å². The van der Waals surface area contributed by atoms with Crippen molar-refractivity contribution in [1.29, 1.82) is 0 Å². The summed E-state index contributed by atoms with van der Waals surface area (Å²) in [5, 5.41) is 9.36. The molecule has 7 heteroatoms. The summed E-state index contributed by atoms with van der Waals surface area (Å²) in [4.78, 5) is 25.6. The number of hydrogen-bond donors (Lipinski definition) is 1. The van der Waals surface area contributed by atoms with E-state index in [1.54, 1.807) is 17.1 Å². The summed E-state index contributed by atoms with van der Waals surface area (Å²) in [5.41, 5.74) is 3.57. The van der Waals surface area contributed by atoms with Crippen LogP contribution in [-0.4, -0.2) is 34.7 Å². The Balaban J connectivity index is 1.46. The Hall–Kier alpha value is -4.00. The number of hydrazone groups is 1. The lowest BCUT2D eigenvalue weighted by Gasteiger charge is -2.37. The summed E-state index contributed by atoms with van der Waals surface area (Å²) < 4.78 is 19.5. The highest BCUT2D eigenvalue weighted by Gasteiger charge is 2.43. The Morgan fingerprint density at radius 2 is 1.68 bits per heavy atom. The van der Waals surface area contributed by atoms with Crippen molar-refractivity contribution in [2.75, 3.05) is 0 Å². The topological polar surface area (TPSA) is 71.0 Å². The van der Waals surface area contributed by atoms with Gasteiger partial charge in [0, 0.05) is 29.2 Å². The third-order valence-corrected chi connectivity index (χ3v) is 5.95. The second-order valence-electron chi connectivity index (χ2n) is 8.73. The highest BCUT2D eigenvalue weighted by molar-refractivity contribution is 6.04. The van der Waals surface area contributed by atoms with Gasteiger partial charge in [-0.15, -0.1) is 0 Å². The van der Waals surface area contributed by atoms with Gasteiger partial charge in [0.2, 0.25) is 5.78 Å². The summed E-state index contributed by atoms with van der Waals surface area (Å²) >= 11 is 0. The van der Waals surface area contributed by atoms with Crippen LogP contribution in [0.1, 0.15) is 58.2 Å². The quantitative estimate of drug-likeness (QED) is 0.563. The summed E-state index contributed by atoms with van der Waals surface area (Å²) in [6, 6.07) is 20.2. The van der Waals surface area contributed by atoms with Crippen molar-refractivity contribution in [1.82, 2.24) is 10.3 Å². The first kappa shape index (κ1) is 21.8. The van der Waals surface area contributed by atoms with Crippen LogP contribution >= 0.6 is 0 Å². The molecule has 2 aliphatic heterocycles. The Morgan fingerprint density at radius 3 is 2.38 bits per heavy atom. The zero-order valence-corrected chi connectivity index (χ0v) is 18.9. The fraction of sp³-hybridized carbons (Fsp3) is 0.222. The van der Waals surface area contributed by atoms with Gasteiger partial charge in [0.25, 0.3) is 12.1 Å². The average Bonchev–Trinajstić information content (AvgIpc) is 3.29. The molecule has 0 aromatic heterocycles. The molecule has 2 unspecified atom stereocenters. The normalized spacial score (nSPS) is 18.6. The Labute approximate surface area is 197 Å². The lowest BCUT2D eigenvalue weighted by atomic mass is 9.95. The monoisotopic (exact) mass is 457 g/mol. The van der Waals surface area contributed by atoms with Crippen molar-refractivity contribution in [2.45, 2.75) is 38.6 Å². The fourth-order valence-electron chi connectivity index (χ4n) is 4.30. The second kappa shape index (κ2) is 8.74. The first-order chi connectivity index (χ1) is 16.4. The summed E-state index contributed by atoms with van der Waals surface area (Å²) in [5.74, 6) is -0.178. The van der Waals surface area contributed by atoms with Gasteiger partial charge in [-0.2, -0.15) is 5.10 Å². The average molecular weight is 458 g/mol. The molecule has 1 N–H and O–H groups in total. The molecular formula is C27H24FN3O3. The fourth-order valence-corrected chi connectivity index (χ4v) is 4.30. The van der Waals surface area contributed by atoms with E-state index in [9.17, 15) is 14.0 Å². The van der Waals surface area contributed by atoms with Crippen LogP contribution in [0.15, 0.2) is 77.9 Å². The van der Waals surface area contributed by atoms with Crippen molar-refractivity contribution in [3.8, 4) is 5.75 Å². The molecular weight excluding hydrogens is 433 g/mol. The summed E-state index contributed by atoms with van der Waals surface area (Å²) in [7, 11) is 0. The highest BCUT2D eigenvalue weighted by Crippen LogP contribution is 2.43. The number of ether oxygens (including phenoxy) is 1. The minimum Gasteiger partial charge on any atom is -0.461 e. The van der Waals surface area contributed by atoms with Crippen LogP contribution < -0.4 is 10.1 Å². The third-order valence-electron chi connectivity index (χ3n) is 5.95. The van der Waals surface area contributed by atoms with Gasteiger partial charge in [-0.25, -0.2) is 9.40 Å². The molecule has 2 heterocycles. The number of hydrogen-bond acceptors (Lipinski definition) is 5. The van der Waals surface area contributed by atoms with Gasteiger partial charge in [0.05, 0.1) is 11.8 Å². The Bertz CT molecular complexity index is 1270. The number of ketones is 1. The van der Waals surface area contributed by atoms with Gasteiger partial charge in [-0.05, 0) is 61.9 Å². The van der Waals surface area contributed by atoms with Crippen molar-refractivity contribution < 1.29 is 18.7 Å². The van der Waals surface area contributed by atoms with Gasteiger partial charge >= 0.3 is 0 Å². The van der Waals surface area contributed by atoms with Gasteiger partial charge in [0.1, 0.15) is 11.6 Å². The predicted molar refractivity (Wildman–Crippen MR) is 126 cm³/mol. The molecule has 3 aromatic rings. The van der Waals surface area contributed by atoms with Crippen LogP contribution in [0.25, 0.3) is 0 Å². The molecule has 2 atom stereocenters. The van der Waals surface area contributed by atoms with Gasteiger partial charge in [-0.1, -0.05) is 30.3 Å². The Kier molecular flexibility index (Phi) is 5.61. The number of Topliss-reactive ketones (excluding diaryl/α,β-unsaturated/α-hetero) is 1. The first-order valence-electron chi connectivity index (χ1n) is 11.2. The highest BCUT2D eigenvalue weighted by atomic mass is 19.1. The predicted octanol–water partition coefficient (Wildman–Crippen LogP) is 4.72. The number of nitrogens with zero attached hydrogens (tertiary/aromatic N) is 2. The van der Waals surface area contributed by atoms with E-state index < -0.39 is 12.0 Å². The number of fused-ring (bicyclic) bond motifs is 3. The molecule has 0 aliphatic carbocycles. The molecule has 0 saturated heterocycles. The number of amides is 1. The van der Waals surface area contributed by atoms with Crippen LogP contribution in [-0.2, 0) is 0 Å². The van der Waals surface area contributed by atoms with E-state index in [0.717, 1.165) is 16.8 Å². The van der Waals surface area contributed by atoms with E-state index >= 15 is 0 Å². The molecule has 0 spiro atoms. The molecule has 34 heavy (non-hydrogen) atoms. The third kappa shape index (κ3) is 4.05. The largest absolute Gasteiger partial charge is 0.461 e. The van der Waals surface area contributed by atoms with E-state index in [1.807, 2.05) is 50.2 Å². The Morgan fingerprint density at radius 1 is 1.00 bits per heavy atom. The SMILES string of the molecule is CC(C)NC(=O)c1ccc(C2=NN3C(C(=O)c4ccc(F)cc4)Oc4ccccc4C3C2)cc1. The molecule has 0 saturated carbocycles. The molecule has 2 aliphatic rings. The zero-order chi connectivity index (χ0) is 23.8. The van der Waals surface area contributed by atoms with E-state index in [1.165, 1.54) is 24.3 Å². The molecule has 6 nitrogen and oxygen atoms in total. The van der Waals surface area contributed by atoms with Gasteiger partial charge in [-0.3, -0.25) is 9.59 Å². The maximum Gasteiger partial charge on any atom is 0.251 e. The van der Waals surface area contributed by atoms with E-state index in [0.29, 0.717) is 23.3 Å². The van der Waals surface area contributed by atoms with Crippen molar-refractivity contribution in [3.05, 3.63) is 101 Å². The number of carbonyl (C=O) groups is 2. The maximum atomic E-state index is 13.4. The van der Waals surface area contributed by atoms with E-state index in [4.69, 9.17) is 9.84 Å². The number of rotatable bonds is 5. The molecule has 172 valence electrons. The van der Waals surface area contributed by atoms with Gasteiger partial charge in [0.15, 0.2) is 0 Å². The number of para-hydroxylation sites is 1. The summed E-state index contributed by atoms with van der Waals surface area (Å²) in [6.45, 7) is 3.83. The minimum absolute atomic E-state index is 0.0537. The second-order valence-corrected chi connectivity index (χ2v) is 8.73. The number of carbonyl (C=O) groups excluding carboxylic acids is 2. The van der Waals surface area contributed by atoms with Crippen LogP contribution in [0.2, 0.25) is 0 Å². The summed E-state index contributed by atoms with van der Waals surface area (Å²) in [6.07, 6.45) is -0.371. The molecule has 0 bridgehead atoms. The van der Waals surface area contributed by atoms with Gasteiger partial charge < -0.3 is 10.1 Å². The standard InChI is InChI=1S/C27H24FN3O3/c1-16(2)29-26(33)19-9-7-17(8-10-19)22-15-23-21-5-3-4-6-24(21)34-27(31(23)30-22)25(32)18-11-13-20(28)14-12-18/h3-14,16,23,27H,15H2,1-2H3,(H,29,33). The molecule has 1 amide bonds. The maximum absolute atomic E-state index is 13.4. The van der Waals surface area contributed by atoms with E-state index in [-0.39, 0.29) is 23.8 Å². The van der Waals surface area contributed by atoms with Crippen molar-refractivity contribution in [3.63, 3.8) is 0 Å². The van der Waals surface area contributed by atoms with Crippen molar-refractivity contribution in [2.24, 2.45) is 5.10 Å². The van der Waals surface area contributed by atoms with Crippen molar-refractivity contribution >= 4 is 17.4 Å². The van der Waals surface area contributed by atoms with Crippen LogP contribution in [0, 0.1) is 5.82 Å². The van der Waals surface area contributed by atoms with Crippen LogP contribution in [0.5, 0.6) is 5.75 Å². The van der Waals surface area contributed by atoms with Crippen LogP contribution in [0.4, 0.5) is 4.39 Å². The zero-order valence-electron chi connectivity index (χ0n) is 18.9.